The van der Waals surface area contributed by atoms with Gasteiger partial charge in [-0.25, -0.2) is 14.6 Å². The summed E-state index contributed by atoms with van der Waals surface area (Å²) in [6, 6.07) is 53.8. The van der Waals surface area contributed by atoms with Crippen molar-refractivity contribution in [2.24, 2.45) is 21.7 Å². The third kappa shape index (κ3) is 28.7. The second-order valence-corrected chi connectivity index (χ2v) is 38.6. The number of hydrogen-bond donors (Lipinski definition) is 6. The first-order valence-electron chi connectivity index (χ1n) is 47.6. The Morgan fingerprint density at radius 2 is 0.856 bits per heavy atom. The van der Waals surface area contributed by atoms with Gasteiger partial charge in [0.2, 0.25) is 0 Å². The molecule has 4 saturated carbocycles. The number of pyridine rings is 1. The number of ether oxygens (including phenoxy) is 11. The molecule has 4 aliphatic carbocycles. The van der Waals surface area contributed by atoms with E-state index in [2.05, 4.69) is 137 Å². The van der Waals surface area contributed by atoms with Gasteiger partial charge in [0.1, 0.15) is 47.9 Å². The Morgan fingerprint density at radius 1 is 0.468 bits per heavy atom. The van der Waals surface area contributed by atoms with Crippen LogP contribution in [0.2, 0.25) is 0 Å². The molecule has 20 rings (SSSR count). The number of aromatic nitrogens is 1. The summed E-state index contributed by atoms with van der Waals surface area (Å²) in [5.74, 6) is -2.80. The molecule has 6 N–H and O–H groups in total. The summed E-state index contributed by atoms with van der Waals surface area (Å²) in [4.78, 5) is 94.3. The second kappa shape index (κ2) is 55.6. The Balaban J connectivity index is 0.000000193. The van der Waals surface area contributed by atoms with E-state index in [1.807, 2.05) is 71.6 Å². The van der Waals surface area contributed by atoms with Crippen molar-refractivity contribution in [3.05, 3.63) is 185 Å². The number of allylic oxidation sites excluding steroid dienone is 1. The number of rotatable bonds is 18. The molecule has 4 spiro atoms. The number of benzene rings is 4. The number of piperidine rings is 3. The van der Waals surface area contributed by atoms with Gasteiger partial charge >= 0.3 is 71.0 Å². The SMILES string of the molecule is BrCc1ccccc1.C1CC2NC3COCC23C1.CC(=O)O/C=C(\C#N)N1C2CCCC23COCC13.COC(=O)C1CCCC(C(=O)OC)N1.COC(=O)C1CCCC(C(=O)OC)N1Cc1ccccc1.COC(=O)c1cccc(C(=O)OC)n1.N#CCN1C2CCCC23COCC13.O=S(=O)(O)O.OCC1CCCC(CO)N1Cc1ccccc1.[AlH3].[H-].[Li+].c1ccc(CN2C3CCCC34COCC24)cc1. The topological polar surface area (TPSA) is 437 Å². The number of nitriles is 2. The molecule has 12 heterocycles. The Morgan fingerprint density at radius 3 is 1.27 bits per heavy atom. The third-order valence-corrected chi connectivity index (χ3v) is 30.4. The van der Waals surface area contributed by atoms with Gasteiger partial charge in [-0.05, 0) is 137 Å². The van der Waals surface area contributed by atoms with E-state index in [0.717, 1.165) is 127 Å². The van der Waals surface area contributed by atoms with Gasteiger partial charge in [0.05, 0.1) is 127 Å². The van der Waals surface area contributed by atoms with E-state index in [-0.39, 0.29) is 122 Å². The normalized spacial score (nSPS) is 29.5. The first kappa shape index (κ1) is 114. The molecule has 11 aliphatic heterocycles. The first-order valence-corrected chi connectivity index (χ1v) is 50.1. The van der Waals surface area contributed by atoms with Crippen LogP contribution in [0.25, 0.3) is 0 Å². The van der Waals surface area contributed by atoms with E-state index < -0.39 is 40.4 Å². The molecular formula is C101H141AlBrLiN10O24S. The van der Waals surface area contributed by atoms with Crippen LogP contribution in [0.1, 0.15) is 186 Å². The minimum absolute atomic E-state index is 0. The maximum absolute atomic E-state index is 12.0. The zero-order valence-corrected chi connectivity index (χ0v) is 83.1. The largest absolute Gasteiger partial charge is 1.00 e. The van der Waals surface area contributed by atoms with Gasteiger partial charge in [0.25, 0.3) is 0 Å². The van der Waals surface area contributed by atoms with Gasteiger partial charge in [-0.1, -0.05) is 175 Å². The molecule has 0 radical (unpaired) electrons. The van der Waals surface area contributed by atoms with E-state index in [4.69, 9.17) is 55.9 Å². The quantitative estimate of drug-likeness (QED) is 0.00806. The zero-order valence-electron chi connectivity index (χ0n) is 81.7. The van der Waals surface area contributed by atoms with Crippen LogP contribution in [-0.4, -0.2) is 316 Å². The van der Waals surface area contributed by atoms with Crippen LogP contribution in [0.15, 0.2) is 151 Å². The first-order chi connectivity index (χ1) is 66.2. The van der Waals surface area contributed by atoms with E-state index in [9.17, 15) is 49.0 Å². The molecule has 15 aliphatic rings. The number of likely N-dealkylation sites (tertiary alicyclic amines) is 5. The number of aliphatic hydroxyl groups is 2. The fourth-order valence-corrected chi connectivity index (χ4v) is 23.6. The number of alkyl halides is 1. The fourth-order valence-electron chi connectivity index (χ4n) is 23.2. The summed E-state index contributed by atoms with van der Waals surface area (Å²) in [6.07, 6.45) is 24.7. The number of hydrogen-bond acceptors (Lipinski definition) is 32. The molecular weight excluding hydrogens is 1880 g/mol. The Hall–Kier alpha value is -8.16. The van der Waals surface area contributed by atoms with E-state index in [0.29, 0.717) is 91.5 Å². The van der Waals surface area contributed by atoms with Gasteiger partial charge in [-0.15, -0.1) is 0 Å². The van der Waals surface area contributed by atoms with Crippen molar-refractivity contribution in [1.82, 2.24) is 40.1 Å². The van der Waals surface area contributed by atoms with Crippen LogP contribution in [0.5, 0.6) is 0 Å². The molecule has 1 aromatic heterocycles. The Labute approximate surface area is 849 Å². The van der Waals surface area contributed by atoms with Gasteiger partial charge < -0.3 is 74.0 Å². The number of methoxy groups -OCH3 is 6. The van der Waals surface area contributed by atoms with E-state index >= 15 is 0 Å². The van der Waals surface area contributed by atoms with Gasteiger partial charge in [0.15, 0.2) is 23.1 Å². The molecule has 15 fully saturated rings. The van der Waals surface area contributed by atoms with Gasteiger partial charge in [-0.3, -0.25) is 58.0 Å². The molecule has 11 saturated heterocycles. The number of halogens is 1. The minimum atomic E-state index is -4.67. The zero-order chi connectivity index (χ0) is 98.3. The van der Waals surface area contributed by atoms with E-state index in [1.165, 1.54) is 161 Å². The number of carbonyl (C=O) groups excluding carboxylic acids is 7. The molecule has 0 bridgehead atoms. The summed E-state index contributed by atoms with van der Waals surface area (Å²) in [6.45, 7) is 12.0. The average Bonchev–Trinajstić information content (AvgIpc) is 1.55. The van der Waals surface area contributed by atoms with Crippen molar-refractivity contribution in [3.63, 3.8) is 0 Å². The average molecular weight is 2030 g/mol. The molecule has 38 heteroatoms. The van der Waals surface area contributed by atoms with Crippen molar-refractivity contribution in [2.75, 3.05) is 115 Å². The summed E-state index contributed by atoms with van der Waals surface area (Å²) in [5.41, 5.74) is 7.56. The van der Waals surface area contributed by atoms with Crippen molar-refractivity contribution in [3.8, 4) is 12.1 Å². The molecule has 4 aromatic carbocycles. The smallest absolute Gasteiger partial charge is 1.00 e. The summed E-state index contributed by atoms with van der Waals surface area (Å²) < 4.78 is 86.7. The Bertz CT molecular complexity index is 4800. The predicted molar refractivity (Wildman–Crippen MR) is 518 cm³/mol. The van der Waals surface area contributed by atoms with Crippen LogP contribution >= 0.6 is 15.9 Å². The summed E-state index contributed by atoms with van der Waals surface area (Å²) in [5, 5.41) is 44.2. The molecule has 18 unspecified atom stereocenters. The van der Waals surface area contributed by atoms with Gasteiger partial charge in [0, 0.05) is 108 Å². The van der Waals surface area contributed by atoms with Crippen LogP contribution in [0.3, 0.4) is 0 Å². The minimum Gasteiger partial charge on any atom is -1.00 e. The van der Waals surface area contributed by atoms with Gasteiger partial charge in [-0.2, -0.15) is 18.9 Å². The van der Waals surface area contributed by atoms with Crippen molar-refractivity contribution < 1.29 is 134 Å². The maximum atomic E-state index is 12.0. The van der Waals surface area contributed by atoms with Crippen molar-refractivity contribution in [2.45, 2.75) is 251 Å². The number of carbonyl (C=O) groups is 7. The number of esters is 7. The summed E-state index contributed by atoms with van der Waals surface area (Å²) in [7, 11) is 3.26. The molecule has 756 valence electrons. The molecule has 139 heavy (non-hydrogen) atoms. The number of aliphatic hydroxyl groups excluding tert-OH is 2. The van der Waals surface area contributed by atoms with Crippen LogP contribution in [0.4, 0.5) is 0 Å². The molecule has 0 amide bonds. The van der Waals surface area contributed by atoms with Crippen molar-refractivity contribution >= 4 is 85.5 Å². The second-order valence-electron chi connectivity index (χ2n) is 37.2. The predicted octanol–water partition coefficient (Wildman–Crippen LogP) is 6.41. The molecule has 18 atom stereocenters. The monoisotopic (exact) mass is 2020 g/mol. The summed E-state index contributed by atoms with van der Waals surface area (Å²) >= 11 is 3.36. The van der Waals surface area contributed by atoms with Crippen LogP contribution in [-0.2, 0) is 111 Å². The standard InChI is InChI=1S/C16H21NO4.C15H19NO.C14H21NO2.C13H16N2O3.C10H14N2O.C9H15NO4.C9H9NO4.C8H13NO.C7H7Br.Al.Li.H2O4S.4H/c1-20-15(18)13-9-6-10-14(16(19)21-2)17(13)11-12-7-4-3-5-8-12;1-2-5-12(6-3-1)9-16-13-7-4-8-15(13)11-17-10-14(15)16;16-10-13-7-4-8-14(11-17)15(13)9-12-5-2-1-3-6-12;1-9(16)18-6-10(5-14)15-11-3-2-4-13(11)8-17-7-12(13)15;11-4-5-12-8-2-1-3-10(8)7-13-6-9(10)12;2*1-13-8(11)6-4-3-5-7(10-6)9(12)14-2;1-2-6-8(3-1)5-10-4-7(8)9-6;8-6-7-4-2-1-3-5-7;;;1-5(2,3)4;;;;/h3-5,7-8,13-14H,6,9-11H2,1-2H3;1-3,5-6,13-14H,4,7-11H2;1-3,5-6,13-14,16-17H,4,7-11H2;6,11-12H,2-4,7-8H2,1H3;8-9H,1-3,5-7H2;6-7,10H,3-5H2,1-2H3;3-5H,1-2H3;6-7,9H,1-5H2;1-5H,6H2;;;(H2,1,2,3,4);;;;/q;;;;;;;;;;+1;;;;;-1/b;;;10-6+;;;;;;;;;;;;. The number of nitrogens with one attached hydrogen (secondary N) is 2. The van der Waals surface area contributed by atoms with E-state index in [1.54, 1.807) is 0 Å². The number of nitrogens with zero attached hydrogens (tertiary/aromatic N) is 8. The fraction of sp³-hybridized carbons (Fsp3) is 0.604. The molecule has 34 nitrogen and oxygen atoms in total. The third-order valence-electron chi connectivity index (χ3n) is 29.8. The van der Waals surface area contributed by atoms with Crippen LogP contribution in [0, 0.1) is 44.3 Å². The molecule has 5 aromatic rings. The Kier molecular flexibility index (Phi) is 45.8. The van der Waals surface area contributed by atoms with Crippen molar-refractivity contribution in [1.29, 1.82) is 10.5 Å². The van der Waals surface area contributed by atoms with Crippen LogP contribution < -0.4 is 29.5 Å². The maximum Gasteiger partial charge on any atom is 1.00 e.